The Morgan fingerprint density at radius 1 is 1.10 bits per heavy atom. The summed E-state index contributed by atoms with van der Waals surface area (Å²) in [5.41, 5.74) is 0.278. The molecule has 0 bridgehead atoms. The number of hydrogen-bond acceptors (Lipinski definition) is 5. The molecule has 0 fully saturated rings. The molecule has 0 aliphatic carbocycles. The Kier molecular flexibility index (Phi) is 8.30. The van der Waals surface area contributed by atoms with E-state index in [1.165, 1.54) is 24.3 Å². The van der Waals surface area contributed by atoms with Gasteiger partial charge in [0.1, 0.15) is 18.5 Å². The average molecular weight is 402 g/mol. The van der Waals surface area contributed by atoms with Gasteiger partial charge in [0.05, 0.1) is 12.0 Å². The van der Waals surface area contributed by atoms with Crippen molar-refractivity contribution >= 4 is 11.9 Å². The summed E-state index contributed by atoms with van der Waals surface area (Å²) >= 11 is 0. The second-order valence-electron chi connectivity index (χ2n) is 7.44. The monoisotopic (exact) mass is 402 g/mol. The molecule has 0 saturated heterocycles. The smallest absolute Gasteiger partial charge is 0.341 e. The molecule has 0 heterocycles. The lowest BCUT2D eigenvalue weighted by atomic mass is 10.0. The van der Waals surface area contributed by atoms with Crippen molar-refractivity contribution in [3.8, 4) is 0 Å². The van der Waals surface area contributed by atoms with Gasteiger partial charge in [-0.1, -0.05) is 42.5 Å². The van der Waals surface area contributed by atoms with Crippen LogP contribution >= 0.6 is 0 Å². The number of aliphatic hydroxyl groups is 1. The first-order valence-electron chi connectivity index (χ1n) is 9.42. The minimum Gasteiger partial charge on any atom is -0.459 e. The standard InChI is InChI=1S/C22H27FN2O4/c1-22(2,15-24-20(27)12-16-8-4-3-5-9-16)25-13-17(26)14-29-21(28)18-10-6-7-11-19(18)23/h3-11,17,25-26H,12-15H2,1-2H3,(H,24,27). The van der Waals surface area contributed by atoms with E-state index < -0.39 is 23.4 Å². The van der Waals surface area contributed by atoms with Crippen LogP contribution in [-0.2, 0) is 16.0 Å². The maximum atomic E-state index is 13.5. The van der Waals surface area contributed by atoms with Gasteiger partial charge in [-0.2, -0.15) is 0 Å². The van der Waals surface area contributed by atoms with Gasteiger partial charge in [-0.05, 0) is 31.5 Å². The number of amides is 1. The number of benzene rings is 2. The molecule has 156 valence electrons. The van der Waals surface area contributed by atoms with Crippen molar-refractivity contribution in [2.24, 2.45) is 0 Å². The predicted molar refractivity (Wildman–Crippen MR) is 108 cm³/mol. The Labute approximate surface area is 170 Å². The quantitative estimate of drug-likeness (QED) is 0.530. The highest BCUT2D eigenvalue weighted by molar-refractivity contribution is 5.89. The van der Waals surface area contributed by atoms with Crippen LogP contribution in [-0.4, -0.2) is 48.3 Å². The second kappa shape index (κ2) is 10.7. The van der Waals surface area contributed by atoms with E-state index in [1.807, 2.05) is 44.2 Å². The molecule has 2 rings (SSSR count). The van der Waals surface area contributed by atoms with Crippen molar-refractivity contribution in [3.63, 3.8) is 0 Å². The molecule has 1 atom stereocenters. The van der Waals surface area contributed by atoms with Gasteiger partial charge in [0.25, 0.3) is 0 Å². The molecule has 1 amide bonds. The number of hydrogen-bond donors (Lipinski definition) is 3. The summed E-state index contributed by atoms with van der Waals surface area (Å²) in [5.74, 6) is -1.59. The number of esters is 1. The van der Waals surface area contributed by atoms with E-state index in [0.29, 0.717) is 13.0 Å². The first-order valence-corrected chi connectivity index (χ1v) is 9.42. The van der Waals surface area contributed by atoms with Crippen molar-refractivity contribution in [2.75, 3.05) is 19.7 Å². The highest BCUT2D eigenvalue weighted by atomic mass is 19.1. The molecule has 0 saturated carbocycles. The van der Waals surface area contributed by atoms with Crippen LogP contribution in [0.4, 0.5) is 4.39 Å². The molecule has 2 aromatic carbocycles. The van der Waals surface area contributed by atoms with Crippen molar-refractivity contribution < 1.29 is 23.8 Å². The Morgan fingerprint density at radius 2 is 1.76 bits per heavy atom. The van der Waals surface area contributed by atoms with Gasteiger partial charge in [0, 0.05) is 18.6 Å². The largest absolute Gasteiger partial charge is 0.459 e. The van der Waals surface area contributed by atoms with Gasteiger partial charge in [-0.25, -0.2) is 9.18 Å². The van der Waals surface area contributed by atoms with Gasteiger partial charge in [-0.3, -0.25) is 4.79 Å². The number of rotatable bonds is 10. The van der Waals surface area contributed by atoms with Crippen molar-refractivity contribution in [2.45, 2.75) is 31.9 Å². The average Bonchev–Trinajstić information content (AvgIpc) is 2.70. The first kappa shape index (κ1) is 22.5. The fraction of sp³-hybridized carbons (Fsp3) is 0.364. The van der Waals surface area contributed by atoms with E-state index in [1.54, 1.807) is 0 Å². The lowest BCUT2D eigenvalue weighted by molar-refractivity contribution is -0.120. The second-order valence-corrected chi connectivity index (χ2v) is 7.44. The number of nitrogens with one attached hydrogen (secondary N) is 2. The topological polar surface area (TPSA) is 87.7 Å². The van der Waals surface area contributed by atoms with Crippen molar-refractivity contribution in [1.29, 1.82) is 0 Å². The number of aliphatic hydroxyl groups excluding tert-OH is 1. The summed E-state index contributed by atoms with van der Waals surface area (Å²) in [6.07, 6.45) is -0.670. The molecule has 0 aliphatic rings. The van der Waals surface area contributed by atoms with E-state index in [9.17, 15) is 19.1 Å². The van der Waals surface area contributed by atoms with Gasteiger partial charge >= 0.3 is 5.97 Å². The summed E-state index contributed by atoms with van der Waals surface area (Å²) in [4.78, 5) is 23.9. The minimum atomic E-state index is -0.968. The highest BCUT2D eigenvalue weighted by Crippen LogP contribution is 2.08. The van der Waals surface area contributed by atoms with Crippen LogP contribution in [0, 0.1) is 5.82 Å². The van der Waals surface area contributed by atoms with Gasteiger partial charge in [-0.15, -0.1) is 0 Å². The molecule has 29 heavy (non-hydrogen) atoms. The zero-order valence-electron chi connectivity index (χ0n) is 16.7. The molecular weight excluding hydrogens is 375 g/mol. The lowest BCUT2D eigenvalue weighted by Gasteiger charge is -2.28. The number of β-amino-alcohol motifs (C(OH)–C–C–N with tert-alkyl or cyclic N) is 1. The molecule has 3 N–H and O–H groups in total. The van der Waals surface area contributed by atoms with Crippen LogP contribution in [0.1, 0.15) is 29.8 Å². The fourth-order valence-electron chi connectivity index (χ4n) is 2.56. The van der Waals surface area contributed by atoms with Gasteiger partial charge < -0.3 is 20.5 Å². The van der Waals surface area contributed by atoms with Crippen LogP contribution in [0.3, 0.4) is 0 Å². The number of halogens is 1. The number of ether oxygens (including phenoxy) is 1. The maximum absolute atomic E-state index is 13.5. The summed E-state index contributed by atoms with van der Waals surface area (Å²) in [7, 11) is 0. The normalized spacial score (nSPS) is 12.3. The Bertz CT molecular complexity index is 811. The highest BCUT2D eigenvalue weighted by Gasteiger charge is 2.21. The van der Waals surface area contributed by atoms with Gasteiger partial charge in [0.15, 0.2) is 0 Å². The first-order chi connectivity index (χ1) is 13.8. The van der Waals surface area contributed by atoms with Crippen LogP contribution < -0.4 is 10.6 Å². The molecule has 0 aliphatic heterocycles. The van der Waals surface area contributed by atoms with E-state index in [4.69, 9.17) is 4.74 Å². The van der Waals surface area contributed by atoms with Crippen LogP contribution in [0.2, 0.25) is 0 Å². The van der Waals surface area contributed by atoms with E-state index >= 15 is 0 Å². The Morgan fingerprint density at radius 3 is 2.45 bits per heavy atom. The molecular formula is C22H27FN2O4. The lowest BCUT2D eigenvalue weighted by Crippen LogP contribution is -2.51. The molecule has 7 heteroatoms. The van der Waals surface area contributed by atoms with Crippen molar-refractivity contribution in [1.82, 2.24) is 10.6 Å². The molecule has 1 unspecified atom stereocenters. The SMILES string of the molecule is CC(C)(CNC(=O)Cc1ccccc1)NCC(O)COC(=O)c1ccccc1F. The third-order valence-electron chi connectivity index (χ3n) is 4.25. The number of carbonyl (C=O) groups is 2. The molecule has 0 spiro atoms. The summed E-state index contributed by atoms with van der Waals surface area (Å²) in [6, 6.07) is 14.9. The fourth-order valence-corrected chi connectivity index (χ4v) is 2.56. The van der Waals surface area contributed by atoms with Gasteiger partial charge in [0.2, 0.25) is 5.91 Å². The summed E-state index contributed by atoms with van der Waals surface area (Å²) < 4.78 is 18.5. The third-order valence-corrected chi connectivity index (χ3v) is 4.25. The molecule has 0 radical (unpaired) electrons. The van der Waals surface area contributed by atoms with Crippen LogP contribution in [0.25, 0.3) is 0 Å². The van der Waals surface area contributed by atoms with Crippen molar-refractivity contribution in [3.05, 3.63) is 71.5 Å². The maximum Gasteiger partial charge on any atom is 0.341 e. The summed E-state index contributed by atoms with van der Waals surface area (Å²) in [5, 5.41) is 16.0. The number of carbonyl (C=O) groups excluding carboxylic acids is 2. The molecule has 0 aromatic heterocycles. The van der Waals surface area contributed by atoms with E-state index in [0.717, 1.165) is 5.56 Å². The predicted octanol–water partition coefficient (Wildman–Crippen LogP) is 2.07. The zero-order chi connectivity index (χ0) is 21.3. The zero-order valence-corrected chi connectivity index (χ0v) is 16.7. The van der Waals surface area contributed by atoms with E-state index in [-0.39, 0.29) is 24.6 Å². The molecule has 6 nitrogen and oxygen atoms in total. The minimum absolute atomic E-state index is 0.0922. The Hall–Kier alpha value is -2.77. The van der Waals surface area contributed by atoms with Crippen LogP contribution in [0.15, 0.2) is 54.6 Å². The molecule has 2 aromatic rings. The van der Waals surface area contributed by atoms with Crippen LogP contribution in [0.5, 0.6) is 0 Å². The summed E-state index contributed by atoms with van der Waals surface area (Å²) in [6.45, 7) is 4.00. The third kappa shape index (κ3) is 8.01. The van der Waals surface area contributed by atoms with E-state index in [2.05, 4.69) is 10.6 Å². The Balaban J connectivity index is 1.69.